The highest BCUT2D eigenvalue weighted by Gasteiger charge is 2.25. The number of rotatable bonds is 36. The third-order valence-corrected chi connectivity index (χ3v) is 8.43. The van der Waals surface area contributed by atoms with Crippen molar-refractivity contribution in [1.29, 1.82) is 0 Å². The van der Waals surface area contributed by atoms with Crippen molar-refractivity contribution in [1.82, 2.24) is 0 Å². The molecule has 0 aromatic carbocycles. The number of carboxylic acids is 1. The Hall–Kier alpha value is -2.23. The monoisotopic (exact) mass is 711 g/mol. The Bertz CT molecular complexity index is 882. The van der Waals surface area contributed by atoms with E-state index < -0.39 is 24.3 Å². The third-order valence-electron chi connectivity index (χ3n) is 8.43. The summed E-state index contributed by atoms with van der Waals surface area (Å²) in [6.07, 6.45) is 30.9. The van der Waals surface area contributed by atoms with E-state index in [0.29, 0.717) is 23.9 Å². The van der Waals surface area contributed by atoms with Crippen molar-refractivity contribution in [3.05, 3.63) is 24.3 Å². The van der Waals surface area contributed by atoms with E-state index in [1.54, 1.807) is 0 Å². The van der Waals surface area contributed by atoms with Crippen LogP contribution in [0.4, 0.5) is 0 Å². The van der Waals surface area contributed by atoms with Crippen LogP contribution < -0.4 is 0 Å². The number of nitrogens with zero attached hydrogens (tertiary/aromatic N) is 1. The molecule has 0 heterocycles. The summed E-state index contributed by atoms with van der Waals surface area (Å²) in [7, 11) is 5.94. The fourth-order valence-corrected chi connectivity index (χ4v) is 5.23. The number of ether oxygens (including phenoxy) is 4. The van der Waals surface area contributed by atoms with Gasteiger partial charge in [0.15, 0.2) is 6.10 Å². The average molecular weight is 711 g/mol. The van der Waals surface area contributed by atoms with Crippen molar-refractivity contribution in [2.24, 2.45) is 0 Å². The predicted octanol–water partition coefficient (Wildman–Crippen LogP) is 9.72. The first-order valence-electron chi connectivity index (χ1n) is 20.0. The van der Waals surface area contributed by atoms with Crippen LogP contribution in [0.15, 0.2) is 24.3 Å². The van der Waals surface area contributed by atoms with Crippen LogP contribution in [-0.2, 0) is 33.3 Å². The Morgan fingerprint density at radius 2 is 1.02 bits per heavy atom. The van der Waals surface area contributed by atoms with Crippen molar-refractivity contribution in [3.63, 3.8) is 0 Å². The molecule has 0 spiro atoms. The van der Waals surface area contributed by atoms with Crippen LogP contribution in [0.5, 0.6) is 0 Å². The lowest BCUT2D eigenvalue weighted by molar-refractivity contribution is -0.870. The van der Waals surface area contributed by atoms with Crippen molar-refractivity contribution in [2.45, 2.75) is 174 Å². The third kappa shape index (κ3) is 34.2. The molecule has 0 saturated heterocycles. The maximum atomic E-state index is 12.7. The van der Waals surface area contributed by atoms with Gasteiger partial charge in [-0.15, -0.1) is 0 Å². The number of carbonyl (C=O) groups excluding carboxylic acids is 2. The number of carbonyl (C=O) groups is 3. The first-order valence-corrected chi connectivity index (χ1v) is 20.0. The van der Waals surface area contributed by atoms with E-state index >= 15 is 0 Å². The largest absolute Gasteiger partial charge is 0.477 e. The summed E-state index contributed by atoms with van der Waals surface area (Å²) in [5, 5.41) is 9.59. The van der Waals surface area contributed by atoms with E-state index in [-0.39, 0.29) is 32.2 Å². The van der Waals surface area contributed by atoms with Gasteiger partial charge in [0.1, 0.15) is 13.2 Å². The number of likely N-dealkylation sites (N-methyl/N-ethyl adjacent to an activating group) is 1. The average Bonchev–Trinajstić information content (AvgIpc) is 3.06. The topological polar surface area (TPSA) is 108 Å². The molecule has 0 radical (unpaired) electrons. The van der Waals surface area contributed by atoms with Gasteiger partial charge in [0.25, 0.3) is 6.29 Å². The molecule has 2 unspecified atom stereocenters. The molecule has 1 N–H and O–H groups in total. The summed E-state index contributed by atoms with van der Waals surface area (Å²) in [4.78, 5) is 36.9. The molecule has 0 aliphatic carbocycles. The summed E-state index contributed by atoms with van der Waals surface area (Å²) in [6.45, 7) is 4.79. The zero-order valence-corrected chi connectivity index (χ0v) is 32.8. The van der Waals surface area contributed by atoms with Crippen LogP contribution in [0.3, 0.4) is 0 Å². The molecule has 0 aromatic heterocycles. The molecule has 292 valence electrons. The number of aliphatic carboxylic acids is 1. The number of unbranched alkanes of at least 4 members (excludes halogenated alkanes) is 17. The lowest BCUT2D eigenvalue weighted by atomic mass is 10.1. The summed E-state index contributed by atoms with van der Waals surface area (Å²) in [5.41, 5.74) is 0. The number of quaternary nitrogens is 1. The number of esters is 2. The lowest BCUT2D eigenvalue weighted by Gasteiger charge is -2.25. The molecule has 50 heavy (non-hydrogen) atoms. The van der Waals surface area contributed by atoms with E-state index in [4.69, 9.17) is 18.9 Å². The second kappa shape index (κ2) is 33.9. The molecule has 0 saturated carbocycles. The number of allylic oxidation sites excluding steroid dienone is 4. The summed E-state index contributed by atoms with van der Waals surface area (Å²) in [6, 6.07) is 0. The molecular formula is C41H76NO8+. The first-order chi connectivity index (χ1) is 24.1. The second-order valence-electron chi connectivity index (χ2n) is 14.6. The zero-order chi connectivity index (χ0) is 37.1. The van der Waals surface area contributed by atoms with Gasteiger partial charge in [-0.3, -0.25) is 9.59 Å². The van der Waals surface area contributed by atoms with Gasteiger partial charge in [-0.2, -0.15) is 0 Å². The minimum atomic E-state index is -1.51. The van der Waals surface area contributed by atoms with Gasteiger partial charge in [-0.1, -0.05) is 109 Å². The maximum absolute atomic E-state index is 12.7. The lowest BCUT2D eigenvalue weighted by Crippen LogP contribution is -2.40. The first kappa shape index (κ1) is 47.8. The summed E-state index contributed by atoms with van der Waals surface area (Å²) < 4.78 is 22.6. The van der Waals surface area contributed by atoms with Gasteiger partial charge in [-0.25, -0.2) is 4.79 Å². The van der Waals surface area contributed by atoms with E-state index in [0.717, 1.165) is 70.6 Å². The highest BCUT2D eigenvalue weighted by Crippen LogP contribution is 2.12. The summed E-state index contributed by atoms with van der Waals surface area (Å²) in [5.74, 6) is -2.03. The molecule has 0 bridgehead atoms. The molecule has 2 atom stereocenters. The Morgan fingerprint density at radius 3 is 1.52 bits per heavy atom. The van der Waals surface area contributed by atoms with Crippen molar-refractivity contribution in [3.8, 4) is 0 Å². The molecule has 0 amide bonds. The standard InChI is InChI=1S/C41H75NO8/c1-6-8-10-12-14-16-18-20-22-24-26-28-30-32-39(44)50-37(36-49-41(40(45)46)47-34-33-42(3,4)5)35-48-38(43)31-29-27-25-23-21-19-17-15-13-11-9-7-2/h15-18,37,41H,6-14,19-36H2,1-5H3/p+1/b17-15-,18-16-. The highest BCUT2D eigenvalue weighted by atomic mass is 16.7. The van der Waals surface area contributed by atoms with E-state index in [2.05, 4.69) is 38.2 Å². The van der Waals surface area contributed by atoms with Crippen LogP contribution in [0, 0.1) is 0 Å². The summed E-state index contributed by atoms with van der Waals surface area (Å²) >= 11 is 0. The van der Waals surface area contributed by atoms with Gasteiger partial charge in [-0.05, 0) is 64.2 Å². The number of hydrogen-bond donors (Lipinski definition) is 1. The van der Waals surface area contributed by atoms with Crippen LogP contribution in [-0.4, -0.2) is 87.4 Å². The Morgan fingerprint density at radius 1 is 0.580 bits per heavy atom. The van der Waals surface area contributed by atoms with Gasteiger partial charge < -0.3 is 28.5 Å². The Labute approximate surface area is 306 Å². The molecular weight excluding hydrogens is 634 g/mol. The zero-order valence-electron chi connectivity index (χ0n) is 32.8. The minimum Gasteiger partial charge on any atom is -0.477 e. The smallest absolute Gasteiger partial charge is 0.361 e. The molecule has 0 rings (SSSR count). The molecule has 9 nitrogen and oxygen atoms in total. The highest BCUT2D eigenvalue weighted by molar-refractivity contribution is 5.71. The van der Waals surface area contributed by atoms with Gasteiger partial charge >= 0.3 is 17.9 Å². The molecule has 9 heteroatoms. The van der Waals surface area contributed by atoms with Crippen LogP contribution in [0.1, 0.15) is 162 Å². The second-order valence-corrected chi connectivity index (χ2v) is 14.6. The van der Waals surface area contributed by atoms with Crippen molar-refractivity contribution >= 4 is 17.9 Å². The van der Waals surface area contributed by atoms with Gasteiger partial charge in [0.05, 0.1) is 34.4 Å². The minimum absolute atomic E-state index is 0.186. The molecule has 0 aromatic rings. The van der Waals surface area contributed by atoms with Crippen LogP contribution in [0.25, 0.3) is 0 Å². The molecule has 0 aliphatic rings. The van der Waals surface area contributed by atoms with Crippen LogP contribution >= 0.6 is 0 Å². The van der Waals surface area contributed by atoms with Crippen molar-refractivity contribution in [2.75, 3.05) is 47.5 Å². The fourth-order valence-electron chi connectivity index (χ4n) is 5.23. The predicted molar refractivity (Wildman–Crippen MR) is 203 cm³/mol. The SMILES string of the molecule is CCCCC/C=C\CCCCCCCC(=O)OCC(COC(OCC[N+](C)(C)C)C(=O)O)OC(=O)CCCCCCC/C=C\CCCCCC. The molecule has 0 fully saturated rings. The maximum Gasteiger partial charge on any atom is 0.361 e. The van der Waals surface area contributed by atoms with Gasteiger partial charge in [0.2, 0.25) is 0 Å². The normalized spacial score (nSPS) is 13.2. The fraction of sp³-hybridized carbons (Fsp3) is 0.829. The number of carboxylic acid groups (broad SMARTS) is 1. The van der Waals surface area contributed by atoms with Gasteiger partial charge in [0, 0.05) is 12.8 Å². The molecule has 0 aliphatic heterocycles. The Balaban J connectivity index is 4.55. The van der Waals surface area contributed by atoms with Crippen LogP contribution in [0.2, 0.25) is 0 Å². The van der Waals surface area contributed by atoms with Crippen molar-refractivity contribution < 1.29 is 42.9 Å². The quantitative estimate of drug-likeness (QED) is 0.0225. The van der Waals surface area contributed by atoms with E-state index in [9.17, 15) is 19.5 Å². The Kier molecular flexibility index (Phi) is 32.4. The van der Waals surface area contributed by atoms with E-state index in [1.165, 1.54) is 57.8 Å². The van der Waals surface area contributed by atoms with E-state index in [1.807, 2.05) is 21.1 Å². The number of hydrogen-bond acceptors (Lipinski definition) is 7.